The molecule has 1 unspecified atom stereocenters. The molecule has 0 saturated heterocycles. The maximum Gasteiger partial charge on any atom is 0.310 e. The van der Waals surface area contributed by atoms with Gasteiger partial charge in [0.15, 0.2) is 0 Å². The molecule has 1 N–H and O–H groups in total. The second-order valence-corrected chi connectivity index (χ2v) is 4.42. The Kier molecular flexibility index (Phi) is 3.94. The molecule has 0 aliphatic heterocycles. The number of halogens is 1. The molecule has 0 fully saturated rings. The average molecular weight is 217 g/mol. The Morgan fingerprint density at radius 3 is 2.86 bits per heavy atom. The molecule has 0 saturated carbocycles. The molecule has 1 atom stereocenters. The number of anilines is 1. The van der Waals surface area contributed by atoms with Crippen LogP contribution in [0.3, 0.4) is 0 Å². The molecule has 0 bridgehead atoms. The Morgan fingerprint density at radius 1 is 1.57 bits per heavy atom. The van der Waals surface area contributed by atoms with Gasteiger partial charge in [-0.15, -0.1) is 0 Å². The fraction of sp³-hybridized carbons (Fsp3) is 0.500. The van der Waals surface area contributed by atoms with Crippen molar-refractivity contribution in [2.24, 2.45) is 0 Å². The second kappa shape index (κ2) is 4.99. The molecule has 0 aromatic carbocycles. The van der Waals surface area contributed by atoms with E-state index in [1.54, 1.807) is 19.2 Å². The first kappa shape index (κ1) is 11.0. The van der Waals surface area contributed by atoms with Crippen molar-refractivity contribution in [3.8, 4) is 0 Å². The van der Waals surface area contributed by atoms with E-state index in [0.717, 1.165) is 0 Å². The highest BCUT2D eigenvalue weighted by atomic mass is 32.2. The Bertz CT molecular complexity index is 325. The minimum atomic E-state index is -0.850. The number of nitrogens with zero attached hydrogens (tertiary/aromatic N) is 2. The van der Waals surface area contributed by atoms with Crippen molar-refractivity contribution in [2.75, 3.05) is 23.9 Å². The van der Waals surface area contributed by atoms with Gasteiger partial charge in [-0.2, -0.15) is 9.37 Å². The summed E-state index contributed by atoms with van der Waals surface area (Å²) in [6, 6.07) is 1.64. The molecule has 0 radical (unpaired) electrons. The van der Waals surface area contributed by atoms with Crippen LogP contribution in [-0.4, -0.2) is 32.7 Å². The molecule has 0 amide bonds. The van der Waals surface area contributed by atoms with Crippen molar-refractivity contribution >= 4 is 16.6 Å². The van der Waals surface area contributed by atoms with Gasteiger partial charge in [-0.25, -0.2) is 4.98 Å². The molecule has 4 nitrogen and oxygen atoms in total. The van der Waals surface area contributed by atoms with Crippen LogP contribution in [-0.2, 0) is 10.8 Å². The van der Waals surface area contributed by atoms with Gasteiger partial charge in [-0.3, -0.25) is 4.21 Å². The highest BCUT2D eigenvalue weighted by Gasteiger charge is 2.00. The molecule has 0 aliphatic carbocycles. The Labute approximate surface area is 84.4 Å². The molecule has 1 rings (SSSR count). The minimum Gasteiger partial charge on any atom is -0.369 e. The van der Waals surface area contributed by atoms with Crippen LogP contribution in [0.5, 0.6) is 0 Å². The van der Waals surface area contributed by atoms with Crippen LogP contribution >= 0.6 is 0 Å². The van der Waals surface area contributed by atoms with Crippen LogP contribution in [0.4, 0.5) is 10.2 Å². The van der Waals surface area contributed by atoms with E-state index in [4.69, 9.17) is 0 Å². The highest BCUT2D eigenvalue weighted by Crippen LogP contribution is 2.04. The highest BCUT2D eigenvalue weighted by molar-refractivity contribution is 7.84. The number of hydrogen-bond acceptors (Lipinski definition) is 4. The van der Waals surface area contributed by atoms with E-state index < -0.39 is 16.9 Å². The first-order valence-corrected chi connectivity index (χ1v) is 5.86. The third-order valence-electron chi connectivity index (χ3n) is 1.52. The van der Waals surface area contributed by atoms with Crippen molar-refractivity contribution < 1.29 is 8.60 Å². The lowest BCUT2D eigenvalue weighted by molar-refractivity contribution is 0.536. The van der Waals surface area contributed by atoms with Gasteiger partial charge in [-0.1, -0.05) is 0 Å². The Balaban J connectivity index is 2.54. The quantitative estimate of drug-likeness (QED) is 0.755. The summed E-state index contributed by atoms with van der Waals surface area (Å²) in [5, 5.41) is 2.87. The lowest BCUT2D eigenvalue weighted by Gasteiger charge is -2.04. The van der Waals surface area contributed by atoms with E-state index in [1.807, 2.05) is 0 Å². The molecular weight excluding hydrogens is 205 g/mol. The number of rotatable bonds is 4. The van der Waals surface area contributed by atoms with Gasteiger partial charge in [-0.05, 0) is 6.92 Å². The SMILES string of the molecule is Cc1cc(NCCS(C)=O)nc(F)n1. The van der Waals surface area contributed by atoms with Gasteiger partial charge in [0.05, 0.1) is 0 Å². The number of nitrogens with one attached hydrogen (secondary N) is 1. The zero-order valence-electron chi connectivity index (χ0n) is 8.08. The van der Waals surface area contributed by atoms with Gasteiger partial charge < -0.3 is 5.32 Å². The molecular formula is C8H12FN3OS. The third kappa shape index (κ3) is 3.78. The smallest absolute Gasteiger partial charge is 0.310 e. The van der Waals surface area contributed by atoms with Gasteiger partial charge in [0.1, 0.15) is 5.82 Å². The molecule has 0 aliphatic rings. The topological polar surface area (TPSA) is 54.9 Å². The number of hydrogen-bond donors (Lipinski definition) is 1. The fourth-order valence-electron chi connectivity index (χ4n) is 0.946. The number of aromatic nitrogens is 2. The lowest BCUT2D eigenvalue weighted by atomic mass is 10.4. The van der Waals surface area contributed by atoms with Crippen molar-refractivity contribution in [2.45, 2.75) is 6.92 Å². The second-order valence-electron chi connectivity index (χ2n) is 2.87. The number of aryl methyl sites for hydroxylation is 1. The van der Waals surface area contributed by atoms with Crippen LogP contribution < -0.4 is 5.32 Å². The zero-order valence-corrected chi connectivity index (χ0v) is 8.90. The Hall–Kier alpha value is -1.04. The lowest BCUT2D eigenvalue weighted by Crippen LogP contribution is -2.11. The largest absolute Gasteiger partial charge is 0.369 e. The van der Waals surface area contributed by atoms with E-state index in [0.29, 0.717) is 23.8 Å². The zero-order chi connectivity index (χ0) is 10.6. The average Bonchev–Trinajstić information content (AvgIpc) is 2.01. The van der Waals surface area contributed by atoms with Crippen molar-refractivity contribution in [3.63, 3.8) is 0 Å². The normalized spacial score (nSPS) is 12.5. The van der Waals surface area contributed by atoms with Crippen LogP contribution in [0.2, 0.25) is 0 Å². The first-order chi connectivity index (χ1) is 6.58. The molecule has 0 spiro atoms. The van der Waals surface area contributed by atoms with Crippen LogP contribution in [0.25, 0.3) is 0 Å². The first-order valence-electron chi connectivity index (χ1n) is 4.13. The maximum atomic E-state index is 12.7. The predicted octanol–water partition coefficient (Wildman–Crippen LogP) is 0.715. The van der Waals surface area contributed by atoms with E-state index in [2.05, 4.69) is 15.3 Å². The van der Waals surface area contributed by atoms with Crippen molar-refractivity contribution in [1.29, 1.82) is 0 Å². The summed E-state index contributed by atoms with van der Waals surface area (Å²) in [7, 11) is -0.850. The summed E-state index contributed by atoms with van der Waals surface area (Å²) in [5.41, 5.74) is 0.567. The summed E-state index contributed by atoms with van der Waals surface area (Å²) in [4.78, 5) is 7.04. The van der Waals surface area contributed by atoms with E-state index in [-0.39, 0.29) is 0 Å². The van der Waals surface area contributed by atoms with Crippen molar-refractivity contribution in [1.82, 2.24) is 9.97 Å². The summed E-state index contributed by atoms with van der Waals surface area (Å²) < 4.78 is 23.4. The van der Waals surface area contributed by atoms with Gasteiger partial charge >= 0.3 is 6.08 Å². The molecule has 14 heavy (non-hydrogen) atoms. The van der Waals surface area contributed by atoms with E-state index >= 15 is 0 Å². The van der Waals surface area contributed by atoms with E-state index in [9.17, 15) is 8.60 Å². The monoisotopic (exact) mass is 217 g/mol. The van der Waals surface area contributed by atoms with E-state index in [1.165, 1.54) is 0 Å². The van der Waals surface area contributed by atoms with Crippen LogP contribution in [0.15, 0.2) is 6.07 Å². The minimum absolute atomic E-state index is 0.431. The van der Waals surface area contributed by atoms with Gasteiger partial charge in [0.25, 0.3) is 0 Å². The van der Waals surface area contributed by atoms with Crippen LogP contribution in [0.1, 0.15) is 5.69 Å². The summed E-state index contributed by atoms with van der Waals surface area (Å²) >= 11 is 0. The fourth-order valence-corrected chi connectivity index (χ4v) is 1.34. The predicted molar refractivity (Wildman–Crippen MR) is 54.2 cm³/mol. The molecule has 1 heterocycles. The van der Waals surface area contributed by atoms with Gasteiger partial charge in [0.2, 0.25) is 0 Å². The van der Waals surface area contributed by atoms with Gasteiger partial charge in [0, 0.05) is 41.1 Å². The summed E-state index contributed by atoms with van der Waals surface area (Å²) in [5.74, 6) is 0.949. The Morgan fingerprint density at radius 2 is 2.29 bits per heavy atom. The molecule has 78 valence electrons. The van der Waals surface area contributed by atoms with Crippen molar-refractivity contribution in [3.05, 3.63) is 17.8 Å². The summed E-state index contributed by atoms with van der Waals surface area (Å²) in [6.45, 7) is 2.20. The molecule has 1 aromatic rings. The maximum absolute atomic E-state index is 12.7. The molecule has 1 aromatic heterocycles. The standard InChI is InChI=1S/C8H12FN3OS/c1-6-5-7(12-8(9)11-6)10-3-4-14(2)13/h5H,3-4H2,1-2H3,(H,10,11,12). The summed E-state index contributed by atoms with van der Waals surface area (Å²) in [6.07, 6.45) is 0.873. The van der Waals surface area contributed by atoms with Crippen LogP contribution in [0, 0.1) is 13.0 Å². The third-order valence-corrected chi connectivity index (χ3v) is 2.30. The molecule has 6 heteroatoms.